The van der Waals surface area contributed by atoms with Crippen molar-refractivity contribution in [1.82, 2.24) is 10.3 Å². The number of nitrogens with one attached hydrogen (secondary N) is 1. The molecule has 10 nitrogen and oxygen atoms in total. The fourth-order valence-electron chi connectivity index (χ4n) is 3.39. The van der Waals surface area contributed by atoms with Crippen LogP contribution in [0, 0.1) is 10.1 Å². The predicted molar refractivity (Wildman–Crippen MR) is 111 cm³/mol. The second-order valence-corrected chi connectivity index (χ2v) is 6.64. The van der Waals surface area contributed by atoms with Crippen LogP contribution in [0.1, 0.15) is 17.3 Å². The number of amides is 1. The normalized spacial score (nSPS) is 10.7. The van der Waals surface area contributed by atoms with E-state index in [1.165, 1.54) is 31.2 Å². The van der Waals surface area contributed by atoms with Crippen molar-refractivity contribution in [2.75, 3.05) is 5.32 Å². The Morgan fingerprint density at radius 2 is 1.84 bits per heavy atom. The van der Waals surface area contributed by atoms with Gasteiger partial charge in [0.2, 0.25) is 5.91 Å². The molecule has 2 N–H and O–H groups in total. The molecule has 4 aromatic rings. The molecule has 0 atom stereocenters. The van der Waals surface area contributed by atoms with Crippen molar-refractivity contribution in [1.29, 1.82) is 0 Å². The molecule has 1 heterocycles. The molecule has 0 aliphatic rings. The molecule has 4 rings (SSSR count). The van der Waals surface area contributed by atoms with E-state index in [1.807, 2.05) is 0 Å². The van der Waals surface area contributed by atoms with Crippen molar-refractivity contribution in [2.45, 2.75) is 6.92 Å². The minimum atomic E-state index is -1.12. The average Bonchev–Trinajstić information content (AvgIpc) is 3.22. The minimum absolute atomic E-state index is 0.0361. The standard InChI is InChI=1S/C21H14N4O6/c1-11(26)22-20-14(12-4-2-5-13(10-12)21(27)28)8-9-17(25(29)30)18(20)15-6-3-7-16-19(15)24-31-23-16/h2-10H,1H3,(H,22,26)(H,27,28). The summed E-state index contributed by atoms with van der Waals surface area (Å²) in [6.07, 6.45) is 0. The predicted octanol–water partition coefficient (Wildman–Crippen LogP) is 4.12. The summed E-state index contributed by atoms with van der Waals surface area (Å²) in [6.45, 7) is 1.28. The minimum Gasteiger partial charge on any atom is -0.478 e. The smallest absolute Gasteiger partial charge is 0.335 e. The molecule has 31 heavy (non-hydrogen) atoms. The third kappa shape index (κ3) is 3.57. The third-order valence-corrected chi connectivity index (χ3v) is 4.66. The fraction of sp³-hybridized carbons (Fsp3) is 0.0476. The number of aromatic nitrogens is 2. The molecular formula is C21H14N4O6. The summed E-state index contributed by atoms with van der Waals surface area (Å²) in [4.78, 5) is 34.7. The van der Waals surface area contributed by atoms with E-state index in [-0.39, 0.29) is 28.0 Å². The SMILES string of the molecule is CC(=O)Nc1c(-c2cccc(C(=O)O)c2)ccc([N+](=O)[O-])c1-c1cccc2nonc12. The lowest BCUT2D eigenvalue weighted by Crippen LogP contribution is -2.10. The first-order chi connectivity index (χ1) is 14.9. The van der Waals surface area contributed by atoms with Gasteiger partial charge in [0, 0.05) is 24.1 Å². The van der Waals surface area contributed by atoms with Crippen molar-refractivity contribution < 1.29 is 24.2 Å². The Kier molecular flexibility index (Phi) is 4.88. The number of rotatable bonds is 5. The molecule has 0 unspecified atom stereocenters. The van der Waals surface area contributed by atoms with Crippen LogP contribution in [0.4, 0.5) is 11.4 Å². The number of nitro benzene ring substituents is 1. The van der Waals surface area contributed by atoms with E-state index in [9.17, 15) is 24.8 Å². The highest BCUT2D eigenvalue weighted by Gasteiger charge is 2.26. The van der Waals surface area contributed by atoms with Gasteiger partial charge in [-0.1, -0.05) is 24.3 Å². The van der Waals surface area contributed by atoms with Gasteiger partial charge in [-0.15, -0.1) is 0 Å². The van der Waals surface area contributed by atoms with Gasteiger partial charge in [0.1, 0.15) is 11.0 Å². The van der Waals surface area contributed by atoms with Crippen LogP contribution in [0.15, 0.2) is 59.2 Å². The van der Waals surface area contributed by atoms with E-state index in [2.05, 4.69) is 15.6 Å². The van der Waals surface area contributed by atoms with Gasteiger partial charge in [-0.05, 0) is 40.1 Å². The van der Waals surface area contributed by atoms with Crippen LogP contribution >= 0.6 is 0 Å². The Labute approximate surface area is 174 Å². The van der Waals surface area contributed by atoms with Gasteiger partial charge in [-0.25, -0.2) is 9.42 Å². The Balaban J connectivity index is 2.09. The van der Waals surface area contributed by atoms with Gasteiger partial charge in [0.05, 0.1) is 21.7 Å². The first kappa shape index (κ1) is 19.7. The maximum Gasteiger partial charge on any atom is 0.335 e. The van der Waals surface area contributed by atoms with Crippen LogP contribution in [0.2, 0.25) is 0 Å². The molecule has 3 aromatic carbocycles. The van der Waals surface area contributed by atoms with Crippen LogP contribution in [0.3, 0.4) is 0 Å². The monoisotopic (exact) mass is 418 g/mol. The lowest BCUT2D eigenvalue weighted by Gasteiger charge is -2.16. The summed E-state index contributed by atoms with van der Waals surface area (Å²) in [5.74, 6) is -1.58. The molecular weight excluding hydrogens is 404 g/mol. The molecule has 1 amide bonds. The van der Waals surface area contributed by atoms with Gasteiger partial charge in [-0.2, -0.15) is 0 Å². The lowest BCUT2D eigenvalue weighted by molar-refractivity contribution is -0.384. The van der Waals surface area contributed by atoms with Gasteiger partial charge >= 0.3 is 5.97 Å². The molecule has 0 saturated heterocycles. The maximum atomic E-state index is 12.0. The topological polar surface area (TPSA) is 148 Å². The van der Waals surface area contributed by atoms with E-state index in [1.54, 1.807) is 30.3 Å². The molecule has 0 aliphatic heterocycles. The zero-order valence-electron chi connectivity index (χ0n) is 16.0. The molecule has 0 bridgehead atoms. The summed E-state index contributed by atoms with van der Waals surface area (Å²) in [5, 5.41) is 31.5. The first-order valence-corrected chi connectivity index (χ1v) is 9.01. The van der Waals surface area contributed by atoms with Crippen molar-refractivity contribution in [3.8, 4) is 22.3 Å². The molecule has 0 saturated carbocycles. The summed E-state index contributed by atoms with van der Waals surface area (Å²) in [5.41, 5.74) is 1.92. The Hall–Kier alpha value is -4.60. The van der Waals surface area contributed by atoms with Crippen LogP contribution in [-0.4, -0.2) is 32.2 Å². The number of carboxylic acid groups (broad SMARTS) is 1. The van der Waals surface area contributed by atoms with Crippen molar-refractivity contribution in [3.63, 3.8) is 0 Å². The molecule has 1 aromatic heterocycles. The number of nitrogens with zero attached hydrogens (tertiary/aromatic N) is 3. The third-order valence-electron chi connectivity index (χ3n) is 4.66. The van der Waals surface area contributed by atoms with Crippen molar-refractivity contribution in [3.05, 3.63) is 70.3 Å². The largest absolute Gasteiger partial charge is 0.478 e. The first-order valence-electron chi connectivity index (χ1n) is 9.01. The lowest BCUT2D eigenvalue weighted by atomic mass is 9.93. The summed E-state index contributed by atoms with van der Waals surface area (Å²) in [6, 6.07) is 13.7. The highest BCUT2D eigenvalue weighted by molar-refractivity contribution is 6.07. The molecule has 10 heteroatoms. The van der Waals surface area contributed by atoms with Crippen molar-refractivity contribution in [2.24, 2.45) is 0 Å². The molecule has 154 valence electrons. The van der Waals surface area contributed by atoms with Crippen LogP contribution in [-0.2, 0) is 4.79 Å². The molecule has 0 fully saturated rings. The molecule has 0 radical (unpaired) electrons. The second-order valence-electron chi connectivity index (χ2n) is 6.64. The van der Waals surface area contributed by atoms with Crippen LogP contribution in [0.5, 0.6) is 0 Å². The zero-order chi connectivity index (χ0) is 22.1. The number of carbonyl (C=O) groups excluding carboxylic acids is 1. The number of fused-ring (bicyclic) bond motifs is 1. The number of hydrogen-bond donors (Lipinski definition) is 2. The number of carboxylic acids is 1. The molecule has 0 aliphatic carbocycles. The van der Waals surface area contributed by atoms with E-state index in [4.69, 9.17) is 4.63 Å². The van der Waals surface area contributed by atoms with Gasteiger partial charge in [-0.3, -0.25) is 14.9 Å². The number of benzene rings is 3. The summed E-state index contributed by atoms with van der Waals surface area (Å²) < 4.78 is 4.78. The Morgan fingerprint density at radius 1 is 1.06 bits per heavy atom. The summed E-state index contributed by atoms with van der Waals surface area (Å²) in [7, 11) is 0. The Morgan fingerprint density at radius 3 is 2.55 bits per heavy atom. The number of anilines is 1. The summed E-state index contributed by atoms with van der Waals surface area (Å²) >= 11 is 0. The van der Waals surface area contributed by atoms with E-state index in [0.717, 1.165) is 0 Å². The fourth-order valence-corrected chi connectivity index (χ4v) is 3.39. The Bertz CT molecular complexity index is 1360. The van der Waals surface area contributed by atoms with Crippen LogP contribution < -0.4 is 5.32 Å². The number of nitro groups is 1. The highest BCUT2D eigenvalue weighted by atomic mass is 16.6. The number of hydrogen-bond acceptors (Lipinski definition) is 7. The number of aromatic carboxylic acids is 1. The maximum absolute atomic E-state index is 12.0. The van der Waals surface area contributed by atoms with E-state index in [0.29, 0.717) is 22.2 Å². The number of carbonyl (C=O) groups is 2. The zero-order valence-corrected chi connectivity index (χ0v) is 16.0. The molecule has 0 spiro atoms. The van der Waals surface area contributed by atoms with Gasteiger partial charge in [0.25, 0.3) is 5.69 Å². The second kappa shape index (κ2) is 7.67. The van der Waals surface area contributed by atoms with Crippen molar-refractivity contribution >= 4 is 34.3 Å². The van der Waals surface area contributed by atoms with E-state index < -0.39 is 16.8 Å². The van der Waals surface area contributed by atoms with E-state index >= 15 is 0 Å². The highest BCUT2D eigenvalue weighted by Crippen LogP contribution is 2.44. The van der Waals surface area contributed by atoms with Gasteiger partial charge < -0.3 is 10.4 Å². The van der Waals surface area contributed by atoms with Crippen LogP contribution in [0.25, 0.3) is 33.3 Å². The average molecular weight is 418 g/mol. The van der Waals surface area contributed by atoms with Gasteiger partial charge in [0.15, 0.2) is 0 Å². The quantitative estimate of drug-likeness (QED) is 0.363.